The molecule has 0 bridgehead atoms. The zero-order valence-electron chi connectivity index (χ0n) is 18.1. The smallest absolute Gasteiger partial charge is 0.332 e. The number of ether oxygens (including phenoxy) is 1. The molecule has 0 aliphatic carbocycles. The maximum Gasteiger partial charge on any atom is 0.332 e. The number of benzene rings is 1. The Kier molecular flexibility index (Phi) is 5.84. The number of piperazine rings is 1. The lowest BCUT2D eigenvalue weighted by Gasteiger charge is -2.33. The first-order valence-electron chi connectivity index (χ1n) is 10.3. The highest BCUT2D eigenvalue weighted by Gasteiger charge is 2.26. The van der Waals surface area contributed by atoms with Crippen molar-refractivity contribution in [1.29, 1.82) is 0 Å². The van der Waals surface area contributed by atoms with Crippen LogP contribution in [0.5, 0.6) is 5.75 Å². The number of nitrogens with zero attached hydrogens (tertiary/aromatic N) is 6. The van der Waals surface area contributed by atoms with E-state index in [0.29, 0.717) is 22.9 Å². The minimum atomic E-state index is -0.870. The first kappa shape index (κ1) is 21.1. The minimum absolute atomic E-state index is 0.0674. The van der Waals surface area contributed by atoms with E-state index in [1.165, 1.54) is 11.6 Å². The number of anilines is 1. The van der Waals surface area contributed by atoms with Gasteiger partial charge in [-0.25, -0.2) is 4.79 Å². The van der Waals surface area contributed by atoms with Gasteiger partial charge in [0.05, 0.1) is 6.54 Å². The number of aryl methyl sites for hydroxylation is 1. The van der Waals surface area contributed by atoms with Crippen molar-refractivity contribution in [3.05, 3.63) is 51.2 Å². The van der Waals surface area contributed by atoms with Crippen LogP contribution in [0.4, 0.5) is 5.95 Å². The Labute approximate surface area is 179 Å². The number of likely N-dealkylation sites (N-methyl/N-ethyl adjacent to an activating group) is 1. The molecule has 10 nitrogen and oxygen atoms in total. The molecule has 10 heteroatoms. The van der Waals surface area contributed by atoms with Crippen LogP contribution >= 0.6 is 0 Å². The lowest BCUT2D eigenvalue weighted by atomic mass is 10.3. The van der Waals surface area contributed by atoms with E-state index in [0.717, 1.165) is 30.7 Å². The molecular formula is C21H28N6O4. The van der Waals surface area contributed by atoms with E-state index in [2.05, 4.69) is 21.8 Å². The van der Waals surface area contributed by atoms with Crippen molar-refractivity contribution >= 4 is 17.1 Å². The summed E-state index contributed by atoms with van der Waals surface area (Å²) >= 11 is 0. The summed E-state index contributed by atoms with van der Waals surface area (Å²) in [6.45, 7) is 3.39. The SMILES string of the molecule is CN1CCN(c2nc3c(c(=O)n(C)c(=O)n3C)n2C[C@@H](O)COc2ccccc2)CC1. The molecule has 1 saturated heterocycles. The van der Waals surface area contributed by atoms with Crippen LogP contribution in [0.25, 0.3) is 11.2 Å². The second kappa shape index (κ2) is 8.56. The molecule has 2 aromatic heterocycles. The number of aliphatic hydroxyl groups is 1. The first-order valence-corrected chi connectivity index (χ1v) is 10.3. The van der Waals surface area contributed by atoms with Gasteiger partial charge < -0.3 is 24.2 Å². The summed E-state index contributed by atoms with van der Waals surface area (Å²) in [5, 5.41) is 10.7. The molecule has 166 valence electrons. The Morgan fingerprint density at radius 1 is 1.03 bits per heavy atom. The van der Waals surface area contributed by atoms with Crippen LogP contribution in [0, 0.1) is 0 Å². The van der Waals surface area contributed by atoms with Crippen molar-refractivity contribution < 1.29 is 9.84 Å². The predicted molar refractivity (Wildman–Crippen MR) is 118 cm³/mol. The quantitative estimate of drug-likeness (QED) is 0.572. The Balaban J connectivity index is 1.71. The van der Waals surface area contributed by atoms with E-state index >= 15 is 0 Å². The second-order valence-corrected chi connectivity index (χ2v) is 7.97. The Morgan fingerprint density at radius 2 is 1.71 bits per heavy atom. The normalized spacial score (nSPS) is 16.1. The number of imidazole rings is 1. The maximum atomic E-state index is 13.0. The second-order valence-electron chi connectivity index (χ2n) is 7.97. The van der Waals surface area contributed by atoms with E-state index in [4.69, 9.17) is 4.74 Å². The van der Waals surface area contributed by atoms with Gasteiger partial charge in [-0.1, -0.05) is 18.2 Å². The third-order valence-electron chi connectivity index (χ3n) is 5.69. The van der Waals surface area contributed by atoms with Crippen molar-refractivity contribution in [2.75, 3.05) is 44.7 Å². The monoisotopic (exact) mass is 428 g/mol. The van der Waals surface area contributed by atoms with Gasteiger partial charge in [0.15, 0.2) is 11.2 Å². The van der Waals surface area contributed by atoms with Crippen LogP contribution < -0.4 is 20.9 Å². The molecule has 3 heterocycles. The molecule has 1 N–H and O–H groups in total. The highest BCUT2D eigenvalue weighted by molar-refractivity contribution is 5.74. The van der Waals surface area contributed by atoms with E-state index < -0.39 is 17.4 Å². The summed E-state index contributed by atoms with van der Waals surface area (Å²) in [4.78, 5) is 34.4. The molecule has 1 aromatic carbocycles. The number of hydrogen-bond acceptors (Lipinski definition) is 7. The average Bonchev–Trinajstić information content (AvgIpc) is 3.15. The Hall–Kier alpha value is -3.11. The zero-order valence-corrected chi connectivity index (χ0v) is 18.1. The van der Waals surface area contributed by atoms with Crippen LogP contribution in [0.3, 0.4) is 0 Å². The van der Waals surface area contributed by atoms with Crippen molar-refractivity contribution in [1.82, 2.24) is 23.6 Å². The van der Waals surface area contributed by atoms with Crippen molar-refractivity contribution in [3.63, 3.8) is 0 Å². The van der Waals surface area contributed by atoms with Crippen LogP contribution in [0.15, 0.2) is 39.9 Å². The van der Waals surface area contributed by atoms with Gasteiger partial charge >= 0.3 is 5.69 Å². The molecule has 1 fully saturated rings. The summed E-state index contributed by atoms with van der Waals surface area (Å²) in [5.41, 5.74) is -0.238. The Morgan fingerprint density at radius 3 is 2.39 bits per heavy atom. The van der Waals surface area contributed by atoms with Crippen LogP contribution in [0.1, 0.15) is 0 Å². The standard InChI is InChI=1S/C21H28N6O4/c1-23-9-11-26(12-10-23)20-22-18-17(19(29)25(3)21(30)24(18)2)27(20)13-15(28)14-31-16-7-5-4-6-8-16/h4-8,15,28H,9-14H2,1-3H3/t15-/m1/s1. The van der Waals surface area contributed by atoms with Gasteiger partial charge in [0, 0.05) is 40.3 Å². The summed E-state index contributed by atoms with van der Waals surface area (Å²) in [5.74, 6) is 1.25. The highest BCUT2D eigenvalue weighted by Crippen LogP contribution is 2.21. The third-order valence-corrected chi connectivity index (χ3v) is 5.69. The fourth-order valence-electron chi connectivity index (χ4n) is 3.83. The lowest BCUT2D eigenvalue weighted by molar-refractivity contribution is 0.0935. The zero-order chi connectivity index (χ0) is 22.1. The number of rotatable bonds is 6. The van der Waals surface area contributed by atoms with Gasteiger partial charge in [-0.2, -0.15) is 4.98 Å². The molecule has 0 radical (unpaired) electrons. The molecule has 0 amide bonds. The van der Waals surface area contributed by atoms with Crippen LogP contribution in [-0.4, -0.2) is 74.6 Å². The molecule has 4 rings (SSSR count). The minimum Gasteiger partial charge on any atom is -0.491 e. The summed E-state index contributed by atoms with van der Waals surface area (Å²) in [7, 11) is 5.11. The molecular weight excluding hydrogens is 400 g/mol. The van der Waals surface area contributed by atoms with E-state index in [9.17, 15) is 14.7 Å². The number of para-hydroxylation sites is 1. The molecule has 0 saturated carbocycles. The van der Waals surface area contributed by atoms with Gasteiger partial charge in [-0.05, 0) is 19.2 Å². The fraction of sp³-hybridized carbons (Fsp3) is 0.476. The van der Waals surface area contributed by atoms with Crippen molar-refractivity contribution in [3.8, 4) is 5.75 Å². The van der Waals surface area contributed by atoms with E-state index in [1.807, 2.05) is 30.3 Å². The predicted octanol–water partition coefficient (Wildman–Crippen LogP) is -0.375. The lowest BCUT2D eigenvalue weighted by Crippen LogP contribution is -2.45. The summed E-state index contributed by atoms with van der Waals surface area (Å²) in [6.07, 6.45) is -0.870. The number of fused-ring (bicyclic) bond motifs is 1. The van der Waals surface area contributed by atoms with Gasteiger partial charge in [-0.15, -0.1) is 0 Å². The molecule has 1 aliphatic rings. The molecule has 1 atom stereocenters. The molecule has 3 aromatic rings. The molecule has 1 aliphatic heterocycles. The van der Waals surface area contributed by atoms with Gasteiger partial charge in [0.25, 0.3) is 5.56 Å². The van der Waals surface area contributed by atoms with E-state index in [-0.39, 0.29) is 13.2 Å². The van der Waals surface area contributed by atoms with E-state index in [1.54, 1.807) is 11.6 Å². The third kappa shape index (κ3) is 4.08. The summed E-state index contributed by atoms with van der Waals surface area (Å²) in [6, 6.07) is 9.26. The average molecular weight is 428 g/mol. The topological polar surface area (TPSA) is 97.8 Å². The maximum absolute atomic E-state index is 13.0. The highest BCUT2D eigenvalue weighted by atomic mass is 16.5. The number of aliphatic hydroxyl groups excluding tert-OH is 1. The molecule has 0 spiro atoms. The number of hydrogen-bond donors (Lipinski definition) is 1. The van der Waals surface area contributed by atoms with Gasteiger partial charge in [-0.3, -0.25) is 13.9 Å². The largest absolute Gasteiger partial charge is 0.491 e. The molecule has 31 heavy (non-hydrogen) atoms. The van der Waals surface area contributed by atoms with Crippen molar-refractivity contribution in [2.24, 2.45) is 14.1 Å². The Bertz CT molecular complexity index is 1170. The first-order chi connectivity index (χ1) is 14.9. The van der Waals surface area contributed by atoms with Crippen LogP contribution in [-0.2, 0) is 20.6 Å². The summed E-state index contributed by atoms with van der Waals surface area (Å²) < 4.78 is 9.85. The van der Waals surface area contributed by atoms with Gasteiger partial charge in [0.2, 0.25) is 5.95 Å². The number of aromatic nitrogens is 4. The fourth-order valence-corrected chi connectivity index (χ4v) is 3.83. The van der Waals surface area contributed by atoms with Gasteiger partial charge in [0.1, 0.15) is 18.5 Å². The van der Waals surface area contributed by atoms with Crippen molar-refractivity contribution in [2.45, 2.75) is 12.6 Å². The molecule has 0 unspecified atom stereocenters. The van der Waals surface area contributed by atoms with Crippen LogP contribution in [0.2, 0.25) is 0 Å².